The van der Waals surface area contributed by atoms with Crippen LogP contribution in [-0.4, -0.2) is 11.5 Å². The molecule has 3 heteroatoms. The standard InChI is InChI=1S/C14H14N2O/c1-10-6-13(8-14(17)7-10)16-12-4-2-11(9-15)3-5-12/h2-5,10H,6-8H2,1H3. The first kappa shape index (κ1) is 11.5. The van der Waals surface area contributed by atoms with E-state index in [0.717, 1.165) is 17.8 Å². The Morgan fingerprint density at radius 2 is 2.00 bits per heavy atom. The molecule has 1 aromatic rings. The zero-order valence-corrected chi connectivity index (χ0v) is 9.81. The van der Waals surface area contributed by atoms with Crippen LogP contribution in [0.1, 0.15) is 31.7 Å². The lowest BCUT2D eigenvalue weighted by Crippen LogP contribution is -2.20. The summed E-state index contributed by atoms with van der Waals surface area (Å²) in [6.45, 7) is 2.07. The third-order valence-electron chi connectivity index (χ3n) is 2.85. The minimum Gasteiger partial charge on any atom is -0.299 e. The molecule has 1 aliphatic rings. The van der Waals surface area contributed by atoms with E-state index in [1.54, 1.807) is 12.1 Å². The summed E-state index contributed by atoms with van der Waals surface area (Å²) in [4.78, 5) is 15.9. The zero-order valence-electron chi connectivity index (χ0n) is 9.81. The molecule has 1 unspecified atom stereocenters. The molecular weight excluding hydrogens is 212 g/mol. The van der Waals surface area contributed by atoms with Crippen molar-refractivity contribution in [1.82, 2.24) is 0 Å². The summed E-state index contributed by atoms with van der Waals surface area (Å²) in [5.74, 6) is 0.671. The molecule has 0 bridgehead atoms. The van der Waals surface area contributed by atoms with Gasteiger partial charge in [0.1, 0.15) is 5.78 Å². The lowest BCUT2D eigenvalue weighted by atomic mass is 9.88. The molecular formula is C14H14N2O. The number of carbonyl (C=O) groups excluding carboxylic acids is 1. The summed E-state index contributed by atoms with van der Waals surface area (Å²) < 4.78 is 0. The van der Waals surface area contributed by atoms with Crippen molar-refractivity contribution in [2.24, 2.45) is 10.9 Å². The number of hydrogen-bond donors (Lipinski definition) is 0. The highest BCUT2D eigenvalue weighted by molar-refractivity contribution is 6.05. The predicted octanol–water partition coefficient (Wildman–Crippen LogP) is 3.02. The van der Waals surface area contributed by atoms with Crippen LogP contribution in [0, 0.1) is 17.2 Å². The van der Waals surface area contributed by atoms with E-state index in [9.17, 15) is 4.79 Å². The van der Waals surface area contributed by atoms with E-state index in [1.165, 1.54) is 0 Å². The van der Waals surface area contributed by atoms with Crippen molar-refractivity contribution in [1.29, 1.82) is 5.26 Å². The first-order chi connectivity index (χ1) is 8.17. The molecule has 1 aliphatic carbocycles. The van der Waals surface area contributed by atoms with Gasteiger partial charge in [-0.15, -0.1) is 0 Å². The molecule has 17 heavy (non-hydrogen) atoms. The Morgan fingerprint density at radius 1 is 1.29 bits per heavy atom. The minimum absolute atomic E-state index is 0.274. The van der Waals surface area contributed by atoms with E-state index in [1.807, 2.05) is 12.1 Å². The molecule has 1 saturated carbocycles. The number of benzene rings is 1. The van der Waals surface area contributed by atoms with Gasteiger partial charge in [-0.05, 0) is 36.6 Å². The van der Waals surface area contributed by atoms with Crippen molar-refractivity contribution in [3.63, 3.8) is 0 Å². The van der Waals surface area contributed by atoms with Gasteiger partial charge in [-0.25, -0.2) is 0 Å². The molecule has 86 valence electrons. The number of nitrogens with zero attached hydrogens (tertiary/aromatic N) is 2. The van der Waals surface area contributed by atoms with Crippen LogP contribution in [0.3, 0.4) is 0 Å². The van der Waals surface area contributed by atoms with Crippen LogP contribution in [0.2, 0.25) is 0 Å². The van der Waals surface area contributed by atoms with Gasteiger partial charge in [-0.3, -0.25) is 9.79 Å². The number of carbonyl (C=O) groups is 1. The summed E-state index contributed by atoms with van der Waals surface area (Å²) >= 11 is 0. The fraction of sp³-hybridized carbons (Fsp3) is 0.357. The van der Waals surface area contributed by atoms with Crippen LogP contribution in [-0.2, 0) is 4.79 Å². The maximum Gasteiger partial charge on any atom is 0.138 e. The fourth-order valence-corrected chi connectivity index (χ4v) is 2.11. The first-order valence-electron chi connectivity index (χ1n) is 5.75. The second kappa shape index (κ2) is 4.92. The molecule has 0 N–H and O–H groups in total. The Labute approximate surface area is 101 Å². The zero-order chi connectivity index (χ0) is 12.3. The Morgan fingerprint density at radius 3 is 2.59 bits per heavy atom. The highest BCUT2D eigenvalue weighted by Crippen LogP contribution is 2.22. The highest BCUT2D eigenvalue weighted by Gasteiger charge is 2.20. The van der Waals surface area contributed by atoms with Crippen LogP contribution in [0.4, 0.5) is 5.69 Å². The van der Waals surface area contributed by atoms with Gasteiger partial charge >= 0.3 is 0 Å². The van der Waals surface area contributed by atoms with E-state index >= 15 is 0 Å². The van der Waals surface area contributed by atoms with Gasteiger partial charge in [0, 0.05) is 18.6 Å². The summed E-state index contributed by atoms with van der Waals surface area (Å²) in [5, 5.41) is 8.69. The van der Waals surface area contributed by atoms with E-state index in [-0.39, 0.29) is 5.78 Å². The van der Waals surface area contributed by atoms with E-state index < -0.39 is 0 Å². The summed E-state index contributed by atoms with van der Waals surface area (Å²) in [6, 6.07) is 9.19. The van der Waals surface area contributed by atoms with Gasteiger partial charge in [0.25, 0.3) is 0 Å². The van der Waals surface area contributed by atoms with Crippen LogP contribution < -0.4 is 0 Å². The largest absolute Gasteiger partial charge is 0.299 e. The first-order valence-corrected chi connectivity index (χ1v) is 5.75. The lowest BCUT2D eigenvalue weighted by molar-refractivity contribution is -0.119. The predicted molar refractivity (Wildman–Crippen MR) is 66.3 cm³/mol. The molecule has 1 atom stereocenters. The van der Waals surface area contributed by atoms with Gasteiger partial charge < -0.3 is 0 Å². The number of Topliss-reactive ketones (excluding diaryl/α,β-unsaturated/α-hetero) is 1. The maximum atomic E-state index is 11.5. The van der Waals surface area contributed by atoms with Crippen molar-refractivity contribution in [2.75, 3.05) is 0 Å². The lowest BCUT2D eigenvalue weighted by Gasteiger charge is -2.18. The Bertz CT molecular complexity index is 494. The normalized spacial score (nSPS) is 22.5. The number of hydrogen-bond acceptors (Lipinski definition) is 3. The van der Waals surface area contributed by atoms with Crippen molar-refractivity contribution in [3.8, 4) is 6.07 Å². The van der Waals surface area contributed by atoms with Crippen LogP contribution in [0.15, 0.2) is 29.3 Å². The van der Waals surface area contributed by atoms with Crippen molar-refractivity contribution < 1.29 is 4.79 Å². The summed E-state index contributed by atoms with van der Waals surface area (Å²) in [5.41, 5.74) is 2.40. The third kappa shape index (κ3) is 3.01. The average Bonchev–Trinajstić information content (AvgIpc) is 2.28. The molecule has 0 saturated heterocycles. The van der Waals surface area contributed by atoms with Crippen molar-refractivity contribution in [3.05, 3.63) is 29.8 Å². The molecule has 0 spiro atoms. The molecule has 3 nitrogen and oxygen atoms in total. The molecule has 2 rings (SSSR count). The van der Waals surface area contributed by atoms with Gasteiger partial charge in [-0.2, -0.15) is 5.26 Å². The topological polar surface area (TPSA) is 53.2 Å². The van der Waals surface area contributed by atoms with Crippen LogP contribution >= 0.6 is 0 Å². The minimum atomic E-state index is 0.274. The quantitative estimate of drug-likeness (QED) is 0.739. The van der Waals surface area contributed by atoms with Crippen LogP contribution in [0.25, 0.3) is 0 Å². The molecule has 0 heterocycles. The molecule has 0 amide bonds. The SMILES string of the molecule is CC1CC(=O)CC(=Nc2ccc(C#N)cc2)C1. The summed E-state index contributed by atoms with van der Waals surface area (Å²) in [6.07, 6.45) is 2.04. The number of rotatable bonds is 1. The van der Waals surface area contributed by atoms with E-state index in [4.69, 9.17) is 5.26 Å². The number of ketones is 1. The second-order valence-electron chi connectivity index (χ2n) is 4.57. The summed E-state index contributed by atoms with van der Waals surface area (Å²) in [7, 11) is 0. The number of aliphatic imine (C=N–C) groups is 1. The maximum absolute atomic E-state index is 11.5. The smallest absolute Gasteiger partial charge is 0.138 e. The van der Waals surface area contributed by atoms with Gasteiger partial charge in [0.2, 0.25) is 0 Å². The molecule has 1 fully saturated rings. The Hall–Kier alpha value is -1.95. The molecule has 0 radical (unpaired) electrons. The van der Waals surface area contributed by atoms with E-state index in [2.05, 4.69) is 18.0 Å². The highest BCUT2D eigenvalue weighted by atomic mass is 16.1. The Kier molecular flexibility index (Phi) is 3.34. The van der Waals surface area contributed by atoms with E-state index in [0.29, 0.717) is 24.3 Å². The van der Waals surface area contributed by atoms with Gasteiger partial charge in [0.05, 0.1) is 17.3 Å². The molecule has 1 aromatic carbocycles. The van der Waals surface area contributed by atoms with Crippen LogP contribution in [0.5, 0.6) is 0 Å². The fourth-order valence-electron chi connectivity index (χ4n) is 2.11. The second-order valence-corrected chi connectivity index (χ2v) is 4.57. The third-order valence-corrected chi connectivity index (χ3v) is 2.85. The molecule has 0 aliphatic heterocycles. The van der Waals surface area contributed by atoms with Gasteiger partial charge in [-0.1, -0.05) is 6.92 Å². The Balaban J connectivity index is 2.17. The van der Waals surface area contributed by atoms with Gasteiger partial charge in [0.15, 0.2) is 0 Å². The van der Waals surface area contributed by atoms with Crippen molar-refractivity contribution >= 4 is 17.2 Å². The molecule has 0 aromatic heterocycles. The number of nitriles is 1. The van der Waals surface area contributed by atoms with Crippen molar-refractivity contribution in [2.45, 2.75) is 26.2 Å². The monoisotopic (exact) mass is 226 g/mol. The average molecular weight is 226 g/mol.